The lowest BCUT2D eigenvalue weighted by molar-refractivity contribution is -0.148. The van der Waals surface area contributed by atoms with Gasteiger partial charge < -0.3 is 0 Å². The van der Waals surface area contributed by atoms with Crippen LogP contribution in [0.15, 0.2) is 0 Å². The van der Waals surface area contributed by atoms with Crippen LogP contribution in [-0.2, 0) is 11.3 Å². The fourth-order valence-electron chi connectivity index (χ4n) is 9.20. The number of aryl methyl sites for hydroxylation is 1. The summed E-state index contributed by atoms with van der Waals surface area (Å²) < 4.78 is 0. The number of rotatable bonds is 3. The lowest BCUT2D eigenvalue weighted by Crippen LogP contribution is -2.55. The van der Waals surface area contributed by atoms with Crippen LogP contribution in [0.25, 0.3) is 0 Å². The third-order valence-electron chi connectivity index (χ3n) is 10.5. The Morgan fingerprint density at radius 2 is 1.71 bits per heavy atom. The van der Waals surface area contributed by atoms with Crippen molar-refractivity contribution >= 4 is 5.78 Å². The van der Waals surface area contributed by atoms with Gasteiger partial charge in [-0.1, -0.05) is 40.0 Å². The zero-order valence-corrected chi connectivity index (χ0v) is 20.1. The number of ketones is 1. The topological polar surface area (TPSA) is 60.7 Å². The minimum Gasteiger partial charge on any atom is -0.297 e. The fourth-order valence-corrected chi connectivity index (χ4v) is 9.20. The number of Topliss-reactive ketones (excluding diaryl/α,β-unsaturated/α-hetero) is 1. The first-order valence-electron chi connectivity index (χ1n) is 13.1. The molecule has 4 aliphatic rings. The first-order chi connectivity index (χ1) is 14.8. The van der Waals surface area contributed by atoms with Gasteiger partial charge in [-0.3, -0.25) is 4.79 Å². The van der Waals surface area contributed by atoms with Gasteiger partial charge in [0.2, 0.25) is 0 Å². The normalized spacial score (nSPS) is 45.2. The van der Waals surface area contributed by atoms with Gasteiger partial charge in [0.05, 0.1) is 0 Å². The molecule has 2 unspecified atom stereocenters. The highest BCUT2D eigenvalue weighted by Gasteiger charge is 2.58. The molecule has 0 spiro atoms. The second-order valence-electron chi connectivity index (χ2n) is 12.3. The predicted octanol–water partition coefficient (Wildman–Crippen LogP) is 5.63. The summed E-state index contributed by atoms with van der Waals surface area (Å²) in [5.41, 5.74) is 0.725. The number of aromatic nitrogens is 4. The molecule has 172 valence electrons. The number of tetrazole rings is 1. The van der Waals surface area contributed by atoms with E-state index in [1.54, 1.807) is 0 Å². The van der Waals surface area contributed by atoms with Crippen LogP contribution in [0.4, 0.5) is 0 Å². The third-order valence-corrected chi connectivity index (χ3v) is 10.5. The largest absolute Gasteiger partial charge is 0.297 e. The number of carbonyl (C=O) groups excluding carboxylic acids is 1. The highest BCUT2D eigenvalue weighted by Crippen LogP contribution is 2.65. The molecular weight excluding hydrogens is 384 g/mol. The number of fused-ring (bicyclic) bond motifs is 5. The number of hydrogen-bond donors (Lipinski definition) is 0. The molecule has 0 bridgehead atoms. The minimum atomic E-state index is 0.165. The molecule has 0 N–H and O–H groups in total. The van der Waals surface area contributed by atoms with Crippen LogP contribution in [0.1, 0.15) is 97.2 Å². The summed E-state index contributed by atoms with van der Waals surface area (Å²) in [5.74, 6) is 5.43. The van der Waals surface area contributed by atoms with E-state index in [2.05, 4.69) is 36.2 Å². The summed E-state index contributed by atoms with van der Waals surface area (Å²) in [4.78, 5) is 14.9. The van der Waals surface area contributed by atoms with Crippen LogP contribution in [0, 0.1) is 53.3 Å². The van der Waals surface area contributed by atoms with E-state index in [-0.39, 0.29) is 11.3 Å². The standard InChI is InChI=1S/C26H42N4O/c1-17-7-5-8-21-19-12-14-26(4)22(20(19)11-13-25(21,3)15-17)9-6-10-23(26)24(31)16-30-28-18(2)27-29-30/h17,19-23H,5-16H2,1-4H3/t17-,19?,20+,21+,22?,23+,25+,26-/m0/s1. The number of nitrogens with zero attached hydrogens (tertiary/aromatic N) is 4. The average Bonchev–Trinajstić information content (AvgIpc) is 3.05. The molecule has 1 heterocycles. The van der Waals surface area contributed by atoms with Gasteiger partial charge in [-0.25, -0.2) is 0 Å². The van der Waals surface area contributed by atoms with Gasteiger partial charge in [0.15, 0.2) is 11.6 Å². The molecule has 8 atom stereocenters. The van der Waals surface area contributed by atoms with E-state index >= 15 is 0 Å². The molecule has 31 heavy (non-hydrogen) atoms. The van der Waals surface area contributed by atoms with Crippen LogP contribution >= 0.6 is 0 Å². The Balaban J connectivity index is 1.37. The Morgan fingerprint density at radius 3 is 2.48 bits per heavy atom. The summed E-state index contributed by atoms with van der Waals surface area (Å²) in [7, 11) is 0. The molecule has 1 aromatic rings. The van der Waals surface area contributed by atoms with Crippen molar-refractivity contribution in [1.82, 2.24) is 20.2 Å². The maximum atomic E-state index is 13.4. The van der Waals surface area contributed by atoms with Crippen molar-refractivity contribution in [2.24, 2.45) is 46.3 Å². The van der Waals surface area contributed by atoms with Crippen molar-refractivity contribution in [3.05, 3.63) is 5.82 Å². The van der Waals surface area contributed by atoms with Crippen LogP contribution in [0.5, 0.6) is 0 Å². The lowest BCUT2D eigenvalue weighted by Gasteiger charge is -2.61. The smallest absolute Gasteiger partial charge is 0.171 e. The minimum absolute atomic E-state index is 0.165. The molecular formula is C26H42N4O. The third kappa shape index (κ3) is 3.68. The van der Waals surface area contributed by atoms with Crippen LogP contribution in [-0.4, -0.2) is 26.0 Å². The first-order valence-corrected chi connectivity index (χ1v) is 13.1. The molecule has 0 saturated heterocycles. The molecule has 0 aliphatic heterocycles. The summed E-state index contributed by atoms with van der Waals surface area (Å²) in [6, 6.07) is 0. The van der Waals surface area contributed by atoms with Crippen molar-refractivity contribution < 1.29 is 4.79 Å². The molecule has 0 amide bonds. The van der Waals surface area contributed by atoms with Gasteiger partial charge in [0.25, 0.3) is 0 Å². The number of hydrogen-bond acceptors (Lipinski definition) is 4. The molecule has 4 fully saturated rings. The zero-order chi connectivity index (χ0) is 21.8. The summed E-state index contributed by atoms with van der Waals surface area (Å²) in [6.45, 7) is 9.71. The Kier molecular flexibility index (Phi) is 5.53. The van der Waals surface area contributed by atoms with Crippen LogP contribution < -0.4 is 0 Å². The summed E-state index contributed by atoms with van der Waals surface area (Å²) in [5, 5.41) is 12.3. The first kappa shape index (κ1) is 21.6. The molecule has 5 rings (SSSR count). The van der Waals surface area contributed by atoms with Crippen molar-refractivity contribution in [2.45, 2.75) is 105 Å². The molecule has 5 heteroatoms. The van der Waals surface area contributed by atoms with E-state index < -0.39 is 0 Å². The zero-order valence-electron chi connectivity index (χ0n) is 20.1. The van der Waals surface area contributed by atoms with E-state index in [1.165, 1.54) is 69.0 Å². The quantitative estimate of drug-likeness (QED) is 0.629. The summed E-state index contributed by atoms with van der Waals surface area (Å²) in [6.07, 6.45) is 14.7. The molecule has 5 nitrogen and oxygen atoms in total. The Hall–Kier alpha value is -1.26. The Morgan fingerprint density at radius 1 is 1.00 bits per heavy atom. The molecule has 1 aromatic heterocycles. The Bertz CT molecular complexity index is 820. The van der Waals surface area contributed by atoms with Crippen molar-refractivity contribution in [2.75, 3.05) is 0 Å². The van der Waals surface area contributed by atoms with Crippen molar-refractivity contribution in [1.29, 1.82) is 0 Å². The van der Waals surface area contributed by atoms with Crippen LogP contribution in [0.3, 0.4) is 0 Å². The second kappa shape index (κ2) is 7.95. The molecule has 4 aliphatic carbocycles. The van der Waals surface area contributed by atoms with Crippen molar-refractivity contribution in [3.8, 4) is 0 Å². The number of carbonyl (C=O) groups is 1. The van der Waals surface area contributed by atoms with E-state index in [0.717, 1.165) is 36.0 Å². The monoisotopic (exact) mass is 426 g/mol. The average molecular weight is 427 g/mol. The van der Waals surface area contributed by atoms with E-state index in [1.807, 2.05) is 6.92 Å². The van der Waals surface area contributed by atoms with E-state index in [4.69, 9.17) is 0 Å². The van der Waals surface area contributed by atoms with Gasteiger partial charge in [0, 0.05) is 5.92 Å². The second-order valence-corrected chi connectivity index (χ2v) is 12.3. The summed E-state index contributed by atoms with van der Waals surface area (Å²) >= 11 is 0. The predicted molar refractivity (Wildman–Crippen MR) is 121 cm³/mol. The highest BCUT2D eigenvalue weighted by atomic mass is 16.1. The van der Waals surface area contributed by atoms with Gasteiger partial charge in [-0.15, -0.1) is 10.2 Å². The van der Waals surface area contributed by atoms with Gasteiger partial charge in [0.1, 0.15) is 6.54 Å². The van der Waals surface area contributed by atoms with Crippen LogP contribution in [0.2, 0.25) is 0 Å². The SMILES string of the molecule is Cc1nnn(CC(=O)[C@H]2CCCC3[C@@H]4CC[C@]5(C)C[C@@H](C)CCC[C@@H]5C4CC[C@@]32C)n1. The maximum Gasteiger partial charge on any atom is 0.171 e. The molecule has 4 saturated carbocycles. The van der Waals surface area contributed by atoms with Gasteiger partial charge in [-0.05, 0) is 104 Å². The van der Waals surface area contributed by atoms with Crippen molar-refractivity contribution in [3.63, 3.8) is 0 Å². The van der Waals surface area contributed by atoms with E-state index in [9.17, 15) is 4.79 Å². The van der Waals surface area contributed by atoms with E-state index in [0.29, 0.717) is 23.6 Å². The lowest BCUT2D eigenvalue weighted by atomic mass is 9.43. The highest BCUT2D eigenvalue weighted by molar-refractivity contribution is 5.81. The van der Waals surface area contributed by atoms with Gasteiger partial charge in [-0.2, -0.15) is 4.80 Å². The fraction of sp³-hybridized carbons (Fsp3) is 0.923. The van der Waals surface area contributed by atoms with Gasteiger partial charge >= 0.3 is 0 Å². The molecule has 0 radical (unpaired) electrons. The Labute approximate surface area is 188 Å². The maximum absolute atomic E-state index is 13.4. The molecule has 0 aromatic carbocycles.